The largest absolute Gasteiger partial charge is 0.474 e. The van der Waals surface area contributed by atoms with Gasteiger partial charge < -0.3 is 4.21 Å². The lowest BCUT2D eigenvalue weighted by Gasteiger charge is -2.28. The third-order valence-corrected chi connectivity index (χ3v) is 5.62. The van der Waals surface area contributed by atoms with Crippen molar-refractivity contribution >= 4 is 15.7 Å². The lowest BCUT2D eigenvalue weighted by molar-refractivity contribution is -0.106. The Balaban J connectivity index is 5.37. The zero-order chi connectivity index (χ0) is 12.7. The van der Waals surface area contributed by atoms with Crippen LogP contribution in [0.1, 0.15) is 0 Å². The number of alkyl halides is 6. The molecule has 92 valence electrons. The van der Waals surface area contributed by atoms with Gasteiger partial charge in [0.2, 0.25) is 0 Å². The van der Waals surface area contributed by atoms with Crippen molar-refractivity contribution in [3.63, 3.8) is 0 Å². The lowest BCUT2D eigenvalue weighted by Crippen LogP contribution is -2.33. The van der Waals surface area contributed by atoms with Gasteiger partial charge in [-0.3, -0.25) is 4.57 Å². The molecule has 0 heterocycles. The van der Waals surface area contributed by atoms with Crippen molar-refractivity contribution in [1.29, 1.82) is 0 Å². The van der Waals surface area contributed by atoms with E-state index in [0.29, 0.717) is 0 Å². The van der Waals surface area contributed by atoms with E-state index in [1.807, 2.05) is 0 Å². The van der Waals surface area contributed by atoms with Gasteiger partial charge in [0, 0.05) is 0 Å². The van der Waals surface area contributed by atoms with E-state index in [-0.39, 0.29) is 0 Å². The van der Waals surface area contributed by atoms with Crippen molar-refractivity contribution in [2.75, 3.05) is 0 Å². The standard InChI is InChI=1S/C5H9F6O2PSi/c1-15(2,3)13-14(12,4(6,7)8)5(9,10)11/h1-3H3. The van der Waals surface area contributed by atoms with Gasteiger partial charge in [-0.25, -0.2) is 0 Å². The van der Waals surface area contributed by atoms with Gasteiger partial charge in [0.25, 0.3) is 0 Å². The monoisotopic (exact) mass is 274 g/mol. The molecule has 0 aliphatic rings. The van der Waals surface area contributed by atoms with E-state index in [2.05, 4.69) is 4.21 Å². The Labute approximate surface area is 83.2 Å². The zero-order valence-corrected chi connectivity index (χ0v) is 9.93. The SMILES string of the molecule is C[Si](C)(C)OP(=O)(C(F)(F)F)C(F)(F)F. The van der Waals surface area contributed by atoms with E-state index in [9.17, 15) is 30.9 Å². The van der Waals surface area contributed by atoms with Crippen LogP contribution in [0.4, 0.5) is 26.3 Å². The molecule has 15 heavy (non-hydrogen) atoms. The van der Waals surface area contributed by atoms with E-state index in [1.54, 1.807) is 0 Å². The van der Waals surface area contributed by atoms with Crippen molar-refractivity contribution in [2.24, 2.45) is 0 Å². The number of halogens is 6. The summed E-state index contributed by atoms with van der Waals surface area (Å²) in [4.78, 5) is 0. The molecule has 0 saturated carbocycles. The molecule has 0 bridgehead atoms. The predicted octanol–water partition coefficient (Wildman–Crippen LogP) is 4.16. The summed E-state index contributed by atoms with van der Waals surface area (Å²) in [6.45, 7) is 3.28. The molecule has 0 rings (SSSR count). The maximum Gasteiger partial charge on any atom is 0.474 e. The number of rotatable bonds is 2. The molecule has 0 aromatic rings. The van der Waals surface area contributed by atoms with Crippen LogP contribution in [-0.2, 0) is 8.78 Å². The summed E-state index contributed by atoms with van der Waals surface area (Å²) in [6.07, 6.45) is 0. The Morgan fingerprint density at radius 2 is 1.20 bits per heavy atom. The Hall–Kier alpha value is -0.0131. The molecule has 0 N–H and O–H groups in total. The summed E-state index contributed by atoms with van der Waals surface area (Å²) in [5.74, 6) is -11.8. The Kier molecular flexibility index (Phi) is 3.78. The van der Waals surface area contributed by atoms with E-state index in [0.717, 1.165) is 19.6 Å². The molecule has 0 unspecified atom stereocenters. The molecule has 10 heteroatoms. The van der Waals surface area contributed by atoms with Gasteiger partial charge in [-0.2, -0.15) is 26.3 Å². The first-order valence-corrected chi connectivity index (χ1v) is 8.68. The molecule has 0 aromatic heterocycles. The molecule has 0 aliphatic carbocycles. The van der Waals surface area contributed by atoms with Crippen LogP contribution in [-0.4, -0.2) is 20.2 Å². The first-order chi connectivity index (χ1) is 6.21. The van der Waals surface area contributed by atoms with Gasteiger partial charge in [-0.05, 0) is 19.6 Å². The van der Waals surface area contributed by atoms with Crippen molar-refractivity contribution < 1.29 is 35.1 Å². The van der Waals surface area contributed by atoms with Crippen LogP contribution in [0.15, 0.2) is 0 Å². The van der Waals surface area contributed by atoms with Crippen LogP contribution < -0.4 is 0 Å². The Morgan fingerprint density at radius 1 is 0.933 bits per heavy atom. The third kappa shape index (κ3) is 3.49. The number of hydrogen-bond donors (Lipinski definition) is 0. The molecule has 0 atom stereocenters. The average molecular weight is 274 g/mol. The summed E-state index contributed by atoms with van der Waals surface area (Å²) in [5, 5.41) is 0. The van der Waals surface area contributed by atoms with Gasteiger partial charge in [0.05, 0.1) is 0 Å². The van der Waals surface area contributed by atoms with E-state index in [4.69, 9.17) is 0 Å². The second kappa shape index (κ2) is 3.78. The van der Waals surface area contributed by atoms with E-state index < -0.39 is 27.5 Å². The van der Waals surface area contributed by atoms with Crippen molar-refractivity contribution in [1.82, 2.24) is 0 Å². The molecule has 0 aromatic carbocycles. The second-order valence-corrected chi connectivity index (χ2v) is 10.8. The summed E-state index contributed by atoms with van der Waals surface area (Å²) in [5.41, 5.74) is 0. The van der Waals surface area contributed by atoms with Crippen LogP contribution in [0.25, 0.3) is 0 Å². The summed E-state index contributed by atoms with van der Waals surface area (Å²) in [7, 11) is -9.86. The Bertz CT molecular complexity index is 259. The average Bonchev–Trinajstić information content (AvgIpc) is 1.77. The first kappa shape index (κ1) is 15.0. The van der Waals surface area contributed by atoms with Gasteiger partial charge >= 0.3 is 19.2 Å². The predicted molar refractivity (Wildman–Crippen MR) is 44.1 cm³/mol. The van der Waals surface area contributed by atoms with Crippen LogP contribution >= 0.6 is 7.37 Å². The summed E-state index contributed by atoms with van der Waals surface area (Å²) in [6, 6.07) is 0. The van der Waals surface area contributed by atoms with E-state index >= 15 is 0 Å². The van der Waals surface area contributed by atoms with Crippen LogP contribution in [0.5, 0.6) is 0 Å². The highest BCUT2D eigenvalue weighted by atomic mass is 31.2. The van der Waals surface area contributed by atoms with Crippen molar-refractivity contribution in [3.05, 3.63) is 0 Å². The fourth-order valence-electron chi connectivity index (χ4n) is 0.633. The van der Waals surface area contributed by atoms with E-state index in [1.165, 1.54) is 0 Å². The number of hydrogen-bond acceptors (Lipinski definition) is 2. The fourth-order valence-corrected chi connectivity index (χ4v) is 4.83. The maximum absolute atomic E-state index is 12.0. The third-order valence-electron chi connectivity index (χ3n) is 1.07. The zero-order valence-electron chi connectivity index (χ0n) is 8.03. The van der Waals surface area contributed by atoms with Crippen molar-refractivity contribution in [2.45, 2.75) is 31.5 Å². The molecular weight excluding hydrogens is 265 g/mol. The second-order valence-electron chi connectivity index (χ2n) is 3.69. The van der Waals surface area contributed by atoms with Crippen LogP contribution in [0.3, 0.4) is 0 Å². The van der Waals surface area contributed by atoms with Gasteiger partial charge in [-0.1, -0.05) is 0 Å². The van der Waals surface area contributed by atoms with Crippen molar-refractivity contribution in [3.8, 4) is 0 Å². The first-order valence-electron chi connectivity index (χ1n) is 3.65. The minimum atomic E-state index is -6.65. The highest BCUT2D eigenvalue weighted by molar-refractivity contribution is 7.62. The molecule has 0 amide bonds. The molecule has 0 radical (unpaired) electrons. The smallest absolute Gasteiger partial charge is 0.358 e. The summed E-state index contributed by atoms with van der Waals surface area (Å²) < 4.78 is 86.9. The van der Waals surface area contributed by atoms with Gasteiger partial charge in [0.15, 0.2) is 8.32 Å². The molecule has 0 spiro atoms. The van der Waals surface area contributed by atoms with Gasteiger partial charge in [-0.15, -0.1) is 0 Å². The minimum absolute atomic E-state index is 1.09. The molecular formula is C5H9F6O2PSi. The highest BCUT2D eigenvalue weighted by Gasteiger charge is 2.70. The fraction of sp³-hybridized carbons (Fsp3) is 1.00. The lowest BCUT2D eigenvalue weighted by atomic mass is 11.5. The molecule has 0 saturated heterocycles. The topological polar surface area (TPSA) is 26.3 Å². The normalized spacial score (nSPS) is 15.5. The highest BCUT2D eigenvalue weighted by Crippen LogP contribution is 2.72. The Morgan fingerprint density at radius 3 is 1.27 bits per heavy atom. The minimum Gasteiger partial charge on any atom is -0.358 e. The maximum atomic E-state index is 12.0. The molecule has 0 aliphatic heterocycles. The molecule has 0 fully saturated rings. The molecule has 2 nitrogen and oxygen atoms in total. The van der Waals surface area contributed by atoms with Gasteiger partial charge in [0.1, 0.15) is 0 Å². The van der Waals surface area contributed by atoms with Crippen LogP contribution in [0, 0.1) is 0 Å². The van der Waals surface area contributed by atoms with Crippen LogP contribution in [0.2, 0.25) is 19.6 Å². The quantitative estimate of drug-likeness (QED) is 0.429. The summed E-state index contributed by atoms with van der Waals surface area (Å²) >= 11 is 0.